The van der Waals surface area contributed by atoms with E-state index >= 15 is 0 Å². The molecule has 18 heavy (non-hydrogen) atoms. The molecule has 1 amide bonds. The molecule has 1 aromatic rings. The second-order valence-electron chi connectivity index (χ2n) is 4.64. The zero-order valence-corrected chi connectivity index (χ0v) is 10.1. The Kier molecular flexibility index (Phi) is 3.63. The molecule has 4 nitrogen and oxygen atoms in total. The number of hydrogen-bond donors (Lipinski definition) is 2. The van der Waals surface area contributed by atoms with Crippen LogP contribution in [-0.2, 0) is 0 Å². The van der Waals surface area contributed by atoms with Crippen LogP contribution in [0.15, 0.2) is 18.2 Å². The summed E-state index contributed by atoms with van der Waals surface area (Å²) in [4.78, 5) is 13.6. The first-order valence-electron chi connectivity index (χ1n) is 5.90. The Bertz CT molecular complexity index is 464. The highest BCUT2D eigenvalue weighted by atomic mass is 19.1. The van der Waals surface area contributed by atoms with Gasteiger partial charge >= 0.3 is 0 Å². The quantitative estimate of drug-likeness (QED) is 0.774. The molecular formula is C13H16FNO3. The van der Waals surface area contributed by atoms with Crippen molar-refractivity contribution in [1.29, 1.82) is 0 Å². The van der Waals surface area contributed by atoms with Crippen LogP contribution in [0.25, 0.3) is 0 Å². The number of aliphatic hydroxyl groups is 2. The molecule has 2 atom stereocenters. The van der Waals surface area contributed by atoms with Gasteiger partial charge in [-0.1, -0.05) is 0 Å². The monoisotopic (exact) mass is 253 g/mol. The molecule has 1 aliphatic rings. The van der Waals surface area contributed by atoms with Crippen molar-refractivity contribution in [2.45, 2.75) is 25.6 Å². The largest absolute Gasteiger partial charge is 0.390 e. The fraction of sp³-hybridized carbons (Fsp3) is 0.462. The van der Waals surface area contributed by atoms with Gasteiger partial charge in [-0.2, -0.15) is 0 Å². The molecule has 0 aromatic heterocycles. The Labute approximate surface area is 105 Å². The summed E-state index contributed by atoms with van der Waals surface area (Å²) in [6.45, 7) is 2.10. The number of nitrogens with zero attached hydrogens (tertiary/aromatic N) is 1. The number of carbonyl (C=O) groups excluding carboxylic acids is 1. The number of aryl methyl sites for hydroxylation is 1. The fourth-order valence-corrected chi connectivity index (χ4v) is 2.06. The molecule has 2 N–H and O–H groups in total. The Hall–Kier alpha value is -1.46. The van der Waals surface area contributed by atoms with E-state index in [1.54, 1.807) is 6.92 Å². The Morgan fingerprint density at radius 1 is 1.39 bits per heavy atom. The first kappa shape index (κ1) is 13.0. The van der Waals surface area contributed by atoms with Crippen molar-refractivity contribution in [3.8, 4) is 0 Å². The summed E-state index contributed by atoms with van der Waals surface area (Å²) in [5.41, 5.74) is 0.816. The normalized spacial score (nSPS) is 24.1. The van der Waals surface area contributed by atoms with Gasteiger partial charge in [0.05, 0.1) is 12.2 Å². The molecular weight excluding hydrogens is 237 g/mol. The Morgan fingerprint density at radius 2 is 2.11 bits per heavy atom. The van der Waals surface area contributed by atoms with Crippen LogP contribution in [0.1, 0.15) is 22.3 Å². The van der Waals surface area contributed by atoms with Crippen LogP contribution in [-0.4, -0.2) is 46.3 Å². The van der Waals surface area contributed by atoms with E-state index in [9.17, 15) is 19.4 Å². The molecule has 1 heterocycles. The maximum Gasteiger partial charge on any atom is 0.253 e. The molecule has 1 saturated heterocycles. The second kappa shape index (κ2) is 5.04. The molecule has 0 unspecified atom stereocenters. The standard InChI is InChI=1S/C13H16FNO3/c1-8-6-9(2-3-10(8)14)13(18)15-5-4-11(16)12(17)7-15/h2-3,6,11-12,16-17H,4-5,7H2,1H3/t11-,12-/m1/s1. The number of aliphatic hydroxyl groups excluding tert-OH is 2. The van der Waals surface area contributed by atoms with Crippen LogP contribution in [0, 0.1) is 12.7 Å². The number of hydrogen-bond acceptors (Lipinski definition) is 3. The Balaban J connectivity index is 2.14. The number of piperidine rings is 1. The molecule has 0 spiro atoms. The van der Waals surface area contributed by atoms with Gasteiger partial charge in [-0.3, -0.25) is 4.79 Å². The molecule has 0 bridgehead atoms. The fourth-order valence-electron chi connectivity index (χ4n) is 2.06. The van der Waals surface area contributed by atoms with Crippen molar-refractivity contribution in [2.75, 3.05) is 13.1 Å². The summed E-state index contributed by atoms with van der Waals surface area (Å²) in [6.07, 6.45) is -1.33. The average Bonchev–Trinajstić information content (AvgIpc) is 2.35. The van der Waals surface area contributed by atoms with Gasteiger partial charge in [0, 0.05) is 18.7 Å². The lowest BCUT2D eigenvalue weighted by molar-refractivity contribution is -0.0321. The summed E-state index contributed by atoms with van der Waals surface area (Å²) in [5, 5.41) is 18.9. The number of amides is 1. The molecule has 5 heteroatoms. The minimum atomic E-state index is -0.913. The number of halogens is 1. The molecule has 1 aromatic carbocycles. The van der Waals surface area contributed by atoms with Gasteiger partial charge in [0.15, 0.2) is 0 Å². The third-order valence-electron chi connectivity index (χ3n) is 3.24. The Morgan fingerprint density at radius 3 is 2.72 bits per heavy atom. The second-order valence-corrected chi connectivity index (χ2v) is 4.64. The highest BCUT2D eigenvalue weighted by Gasteiger charge is 2.29. The van der Waals surface area contributed by atoms with E-state index in [2.05, 4.69) is 0 Å². The molecule has 0 radical (unpaired) electrons. The molecule has 1 aliphatic heterocycles. The topological polar surface area (TPSA) is 60.8 Å². The van der Waals surface area contributed by atoms with Crippen molar-refractivity contribution in [3.05, 3.63) is 35.1 Å². The molecule has 2 rings (SSSR count). The van der Waals surface area contributed by atoms with E-state index in [0.717, 1.165) is 0 Å². The summed E-state index contributed by atoms with van der Waals surface area (Å²) < 4.78 is 13.1. The lowest BCUT2D eigenvalue weighted by Gasteiger charge is -2.33. The summed E-state index contributed by atoms with van der Waals surface area (Å²) >= 11 is 0. The highest BCUT2D eigenvalue weighted by molar-refractivity contribution is 5.94. The minimum absolute atomic E-state index is 0.108. The van der Waals surface area contributed by atoms with Gasteiger partial charge < -0.3 is 15.1 Å². The van der Waals surface area contributed by atoms with Gasteiger partial charge in [0.1, 0.15) is 5.82 Å². The SMILES string of the molecule is Cc1cc(C(=O)N2CC[C@@H](O)[C@H](O)C2)ccc1F. The lowest BCUT2D eigenvalue weighted by atomic mass is 10.0. The predicted molar refractivity (Wildman–Crippen MR) is 63.7 cm³/mol. The lowest BCUT2D eigenvalue weighted by Crippen LogP contribution is -2.48. The van der Waals surface area contributed by atoms with E-state index in [-0.39, 0.29) is 18.3 Å². The van der Waals surface area contributed by atoms with Gasteiger partial charge in [0.2, 0.25) is 0 Å². The van der Waals surface area contributed by atoms with E-state index in [0.29, 0.717) is 24.1 Å². The van der Waals surface area contributed by atoms with Crippen LogP contribution < -0.4 is 0 Å². The third kappa shape index (κ3) is 2.52. The smallest absolute Gasteiger partial charge is 0.253 e. The summed E-state index contributed by atoms with van der Waals surface area (Å²) in [7, 11) is 0. The number of carbonyl (C=O) groups is 1. The van der Waals surface area contributed by atoms with E-state index in [1.807, 2.05) is 0 Å². The first-order valence-corrected chi connectivity index (χ1v) is 5.90. The zero-order valence-electron chi connectivity index (χ0n) is 10.1. The van der Waals surface area contributed by atoms with Gasteiger partial charge in [0.25, 0.3) is 5.91 Å². The first-order chi connectivity index (χ1) is 8.49. The zero-order chi connectivity index (χ0) is 13.3. The van der Waals surface area contributed by atoms with Crippen LogP contribution in [0.5, 0.6) is 0 Å². The molecule has 0 aliphatic carbocycles. The van der Waals surface area contributed by atoms with E-state index in [4.69, 9.17) is 0 Å². The summed E-state index contributed by atoms with van der Waals surface area (Å²) in [5.74, 6) is -0.593. The van der Waals surface area contributed by atoms with Gasteiger partial charge in [-0.25, -0.2) is 4.39 Å². The van der Waals surface area contributed by atoms with Crippen molar-refractivity contribution in [2.24, 2.45) is 0 Å². The van der Waals surface area contributed by atoms with Crippen LogP contribution in [0.3, 0.4) is 0 Å². The maximum absolute atomic E-state index is 13.1. The van der Waals surface area contributed by atoms with Crippen LogP contribution in [0.4, 0.5) is 4.39 Å². The summed E-state index contributed by atoms with van der Waals surface area (Å²) in [6, 6.07) is 4.19. The maximum atomic E-state index is 13.1. The van der Waals surface area contributed by atoms with Gasteiger partial charge in [-0.15, -0.1) is 0 Å². The van der Waals surface area contributed by atoms with E-state index < -0.39 is 12.2 Å². The number of β-amino-alcohol motifs (C(OH)–C–C–N with tert-alkyl or cyclic N) is 1. The van der Waals surface area contributed by atoms with E-state index in [1.165, 1.54) is 23.1 Å². The minimum Gasteiger partial charge on any atom is -0.390 e. The molecule has 98 valence electrons. The van der Waals surface area contributed by atoms with Gasteiger partial charge in [-0.05, 0) is 37.1 Å². The third-order valence-corrected chi connectivity index (χ3v) is 3.24. The number of rotatable bonds is 1. The average molecular weight is 253 g/mol. The van der Waals surface area contributed by atoms with Crippen molar-refractivity contribution in [1.82, 2.24) is 4.90 Å². The highest BCUT2D eigenvalue weighted by Crippen LogP contribution is 2.16. The van der Waals surface area contributed by atoms with Crippen molar-refractivity contribution in [3.63, 3.8) is 0 Å². The molecule has 1 fully saturated rings. The van der Waals surface area contributed by atoms with Crippen molar-refractivity contribution >= 4 is 5.91 Å². The van der Waals surface area contributed by atoms with Crippen LogP contribution in [0.2, 0.25) is 0 Å². The number of likely N-dealkylation sites (tertiary alicyclic amines) is 1. The van der Waals surface area contributed by atoms with Crippen LogP contribution >= 0.6 is 0 Å². The predicted octanol–water partition coefficient (Wildman–Crippen LogP) is 0.702. The molecule has 0 saturated carbocycles. The van der Waals surface area contributed by atoms with Crippen molar-refractivity contribution < 1.29 is 19.4 Å². The number of benzene rings is 1.